The van der Waals surface area contributed by atoms with Crippen LogP contribution >= 0.6 is 0 Å². The predicted octanol–water partition coefficient (Wildman–Crippen LogP) is -0.328. The second kappa shape index (κ2) is 3.64. The van der Waals surface area contributed by atoms with Crippen molar-refractivity contribution >= 4 is 0 Å². The van der Waals surface area contributed by atoms with Crippen LogP contribution in [0.15, 0.2) is 30.3 Å². The van der Waals surface area contributed by atoms with Crippen LogP contribution in [0.25, 0.3) is 0 Å². The molecule has 0 saturated carbocycles. The summed E-state index contributed by atoms with van der Waals surface area (Å²) in [5.74, 6) is 0. The third-order valence-electron chi connectivity index (χ3n) is 1.84. The Balaban J connectivity index is 1.94. The van der Waals surface area contributed by atoms with Crippen LogP contribution in [0.4, 0.5) is 0 Å². The summed E-state index contributed by atoms with van der Waals surface area (Å²) < 4.78 is 0. The van der Waals surface area contributed by atoms with Gasteiger partial charge in [-0.05, 0) is 5.56 Å². The van der Waals surface area contributed by atoms with Gasteiger partial charge in [-0.3, -0.25) is 0 Å². The van der Waals surface area contributed by atoms with Crippen molar-refractivity contribution in [3.63, 3.8) is 0 Å². The fraction of sp³-hybridized carbons (Fsp3) is 0.250. The molecule has 4 N–H and O–H groups in total. The molecule has 4 nitrogen and oxygen atoms in total. The number of hydrazine groups is 3. The van der Waals surface area contributed by atoms with Gasteiger partial charge in [-0.1, -0.05) is 30.3 Å². The van der Waals surface area contributed by atoms with Crippen LogP contribution in [0, 0.1) is 0 Å². The van der Waals surface area contributed by atoms with E-state index in [4.69, 9.17) is 0 Å². The molecule has 64 valence electrons. The fourth-order valence-corrected chi connectivity index (χ4v) is 1.23. The molecule has 0 amide bonds. The SMILES string of the molecule is c1ccc(CC2NNNN2)cc1. The highest BCUT2D eigenvalue weighted by molar-refractivity contribution is 5.15. The molecule has 0 atom stereocenters. The van der Waals surface area contributed by atoms with Crippen LogP contribution in [-0.2, 0) is 6.42 Å². The first-order valence-electron chi connectivity index (χ1n) is 4.00. The number of rotatable bonds is 2. The summed E-state index contributed by atoms with van der Waals surface area (Å²) in [7, 11) is 0. The quantitative estimate of drug-likeness (QED) is 0.483. The van der Waals surface area contributed by atoms with E-state index in [1.165, 1.54) is 5.56 Å². The lowest BCUT2D eigenvalue weighted by Crippen LogP contribution is -2.35. The van der Waals surface area contributed by atoms with Crippen molar-refractivity contribution in [2.75, 3.05) is 0 Å². The van der Waals surface area contributed by atoms with Crippen LogP contribution in [0.1, 0.15) is 5.56 Å². The summed E-state index contributed by atoms with van der Waals surface area (Å²) in [6, 6.07) is 10.3. The van der Waals surface area contributed by atoms with Crippen LogP contribution in [0.2, 0.25) is 0 Å². The van der Waals surface area contributed by atoms with E-state index in [1.54, 1.807) is 0 Å². The molecule has 0 unspecified atom stereocenters. The van der Waals surface area contributed by atoms with Gasteiger partial charge in [0.2, 0.25) is 0 Å². The molecule has 4 heteroatoms. The number of benzene rings is 1. The summed E-state index contributed by atoms with van der Waals surface area (Å²) in [6.45, 7) is 0. The Bertz CT molecular complexity index is 230. The molecule has 12 heavy (non-hydrogen) atoms. The average molecular weight is 164 g/mol. The third kappa shape index (κ3) is 1.80. The minimum Gasteiger partial charge on any atom is -0.224 e. The lowest BCUT2D eigenvalue weighted by Gasteiger charge is -2.07. The molecule has 0 spiro atoms. The number of nitrogens with one attached hydrogen (secondary N) is 4. The Morgan fingerprint density at radius 3 is 2.33 bits per heavy atom. The van der Waals surface area contributed by atoms with Gasteiger partial charge in [0.05, 0.1) is 6.17 Å². The van der Waals surface area contributed by atoms with Crippen LogP contribution in [0.5, 0.6) is 0 Å². The first-order valence-corrected chi connectivity index (χ1v) is 4.00. The number of hydrogen-bond acceptors (Lipinski definition) is 4. The van der Waals surface area contributed by atoms with Gasteiger partial charge in [0.15, 0.2) is 0 Å². The summed E-state index contributed by atoms with van der Waals surface area (Å²) in [6.07, 6.45) is 1.22. The minimum atomic E-state index is 0.257. The Hall–Kier alpha value is -0.940. The molecular formula is C8H12N4. The molecule has 0 bridgehead atoms. The molecule has 2 rings (SSSR count). The summed E-state index contributed by atoms with van der Waals surface area (Å²) in [5.41, 5.74) is 12.9. The zero-order valence-corrected chi connectivity index (χ0v) is 6.67. The summed E-state index contributed by atoms with van der Waals surface area (Å²) in [4.78, 5) is 0. The fourth-order valence-electron chi connectivity index (χ4n) is 1.23. The van der Waals surface area contributed by atoms with Gasteiger partial charge in [-0.25, -0.2) is 10.9 Å². The second-order valence-corrected chi connectivity index (χ2v) is 2.78. The maximum absolute atomic E-state index is 3.03. The highest BCUT2D eigenvalue weighted by Gasteiger charge is 2.11. The number of hydrogen-bond donors (Lipinski definition) is 4. The van der Waals surface area contributed by atoms with Gasteiger partial charge in [0.25, 0.3) is 0 Å². The summed E-state index contributed by atoms with van der Waals surface area (Å²) >= 11 is 0. The van der Waals surface area contributed by atoms with E-state index in [-0.39, 0.29) is 6.17 Å². The Labute approximate surface area is 71.3 Å². The van der Waals surface area contributed by atoms with Crippen LogP contribution in [-0.4, -0.2) is 6.17 Å². The van der Waals surface area contributed by atoms with E-state index in [0.29, 0.717) is 0 Å². The van der Waals surface area contributed by atoms with Gasteiger partial charge < -0.3 is 0 Å². The topological polar surface area (TPSA) is 48.1 Å². The molecule has 1 heterocycles. The van der Waals surface area contributed by atoms with Crippen molar-refractivity contribution in [2.45, 2.75) is 12.6 Å². The molecule has 1 aliphatic heterocycles. The van der Waals surface area contributed by atoms with Crippen LogP contribution in [0.3, 0.4) is 0 Å². The van der Waals surface area contributed by atoms with E-state index in [2.05, 4.69) is 34.1 Å². The highest BCUT2D eigenvalue weighted by Crippen LogP contribution is 2.01. The maximum atomic E-state index is 3.03. The predicted molar refractivity (Wildman–Crippen MR) is 46.5 cm³/mol. The van der Waals surface area contributed by atoms with Crippen molar-refractivity contribution in [2.24, 2.45) is 0 Å². The van der Waals surface area contributed by atoms with E-state index < -0.39 is 0 Å². The normalized spacial score (nSPS) is 18.3. The van der Waals surface area contributed by atoms with E-state index >= 15 is 0 Å². The van der Waals surface area contributed by atoms with Crippen molar-refractivity contribution in [1.29, 1.82) is 0 Å². The van der Waals surface area contributed by atoms with Gasteiger partial charge in [-0.2, -0.15) is 11.1 Å². The summed E-state index contributed by atoms with van der Waals surface area (Å²) in [5, 5.41) is 0. The van der Waals surface area contributed by atoms with Gasteiger partial charge >= 0.3 is 0 Å². The zero-order valence-electron chi connectivity index (χ0n) is 6.67. The van der Waals surface area contributed by atoms with E-state index in [0.717, 1.165) is 6.42 Å². The average Bonchev–Trinajstić information content (AvgIpc) is 2.59. The van der Waals surface area contributed by atoms with Crippen molar-refractivity contribution in [1.82, 2.24) is 21.9 Å². The van der Waals surface area contributed by atoms with Gasteiger partial charge in [0.1, 0.15) is 0 Å². The van der Waals surface area contributed by atoms with Gasteiger partial charge in [0, 0.05) is 6.42 Å². The Morgan fingerprint density at radius 2 is 1.67 bits per heavy atom. The highest BCUT2D eigenvalue weighted by atomic mass is 15.8. The Kier molecular flexibility index (Phi) is 2.33. The first kappa shape index (κ1) is 7.70. The second-order valence-electron chi connectivity index (χ2n) is 2.78. The van der Waals surface area contributed by atoms with E-state index in [1.807, 2.05) is 18.2 Å². The van der Waals surface area contributed by atoms with E-state index in [9.17, 15) is 0 Å². The Morgan fingerprint density at radius 1 is 1.00 bits per heavy atom. The van der Waals surface area contributed by atoms with Crippen molar-refractivity contribution in [3.8, 4) is 0 Å². The molecule has 0 aromatic heterocycles. The largest absolute Gasteiger partial charge is 0.224 e. The molecule has 1 aromatic carbocycles. The zero-order chi connectivity index (χ0) is 8.23. The molecule has 1 fully saturated rings. The van der Waals surface area contributed by atoms with Crippen molar-refractivity contribution in [3.05, 3.63) is 35.9 Å². The monoisotopic (exact) mass is 164 g/mol. The lowest BCUT2D eigenvalue weighted by atomic mass is 10.1. The van der Waals surface area contributed by atoms with Crippen LogP contribution < -0.4 is 21.9 Å². The molecule has 0 aliphatic carbocycles. The molecular weight excluding hydrogens is 152 g/mol. The van der Waals surface area contributed by atoms with Crippen molar-refractivity contribution < 1.29 is 0 Å². The minimum absolute atomic E-state index is 0.257. The molecule has 0 radical (unpaired) electrons. The maximum Gasteiger partial charge on any atom is 0.0899 e. The standard InChI is InChI=1S/C8H12N4/c1-2-4-7(5-3-1)6-8-9-11-12-10-8/h1-5,8-12H,6H2. The first-order chi connectivity index (χ1) is 5.95. The molecule has 1 aliphatic rings. The third-order valence-corrected chi connectivity index (χ3v) is 1.84. The lowest BCUT2D eigenvalue weighted by molar-refractivity contribution is 0.522. The molecule has 1 saturated heterocycles. The van der Waals surface area contributed by atoms with Gasteiger partial charge in [-0.15, -0.1) is 0 Å². The molecule has 1 aromatic rings. The smallest absolute Gasteiger partial charge is 0.0899 e.